The number of amides is 2. The van der Waals surface area contributed by atoms with Crippen LogP contribution in [0.15, 0.2) is 103 Å². The lowest BCUT2D eigenvalue weighted by Crippen LogP contribution is -2.57. The molecule has 5 aromatic carbocycles. The zero-order chi connectivity index (χ0) is 33.9. The number of aromatic nitrogens is 2. The van der Waals surface area contributed by atoms with Crippen molar-refractivity contribution in [1.82, 2.24) is 15.3 Å². The van der Waals surface area contributed by atoms with E-state index in [1.807, 2.05) is 103 Å². The molecular formula is C40H33N3O7. The molecule has 0 unspecified atom stereocenters. The average Bonchev–Trinajstić information content (AvgIpc) is 3.81. The Morgan fingerprint density at radius 2 is 1.22 bits per heavy atom. The van der Waals surface area contributed by atoms with Gasteiger partial charge in [-0.2, -0.15) is 0 Å². The lowest BCUT2D eigenvalue weighted by atomic mass is 9.87. The molecule has 5 atom stereocenters. The van der Waals surface area contributed by atoms with E-state index in [0.29, 0.717) is 38.3 Å². The second kappa shape index (κ2) is 12.2. The summed E-state index contributed by atoms with van der Waals surface area (Å²) in [6.07, 6.45) is -4.79. The summed E-state index contributed by atoms with van der Waals surface area (Å²) in [6.45, 7) is -0.0525. The number of benzene rings is 5. The van der Waals surface area contributed by atoms with Crippen LogP contribution in [0.1, 0.15) is 43.5 Å². The molecule has 2 aliphatic rings. The van der Waals surface area contributed by atoms with Gasteiger partial charge in [0, 0.05) is 32.6 Å². The number of nitrogens with one attached hydrogen (secondary N) is 3. The fourth-order valence-corrected chi connectivity index (χ4v) is 7.71. The summed E-state index contributed by atoms with van der Waals surface area (Å²) in [7, 11) is 0. The molecule has 9 rings (SSSR count). The van der Waals surface area contributed by atoms with Crippen LogP contribution in [-0.4, -0.2) is 63.0 Å². The van der Waals surface area contributed by atoms with Crippen LogP contribution in [0.3, 0.4) is 0 Å². The SMILES string of the molecule is O=C1NC(=O)c2c1c1c3ccccc3[nH]c1c1[nH]c3cccc([C@@H]4O[C@H](CO)[C@H](O)[C@H](OCc5ccccc5)[C@H]4OCc4ccccc4)c3c21. The molecule has 0 spiro atoms. The lowest BCUT2D eigenvalue weighted by molar-refractivity contribution is -0.260. The molecule has 5 N–H and O–H groups in total. The Morgan fingerprint density at radius 3 is 1.92 bits per heavy atom. The zero-order valence-corrected chi connectivity index (χ0v) is 26.8. The van der Waals surface area contributed by atoms with E-state index in [1.54, 1.807) is 0 Å². The number of aromatic amines is 2. The van der Waals surface area contributed by atoms with E-state index in [0.717, 1.165) is 27.5 Å². The molecule has 50 heavy (non-hydrogen) atoms. The Hall–Kier alpha value is -5.36. The zero-order valence-electron chi connectivity index (χ0n) is 26.8. The largest absolute Gasteiger partial charge is 0.394 e. The number of ether oxygens (including phenoxy) is 3. The van der Waals surface area contributed by atoms with Crippen LogP contribution < -0.4 is 5.32 Å². The Bertz CT molecular complexity index is 2420. The molecule has 0 aliphatic carbocycles. The highest BCUT2D eigenvalue weighted by Gasteiger charge is 2.48. The average molecular weight is 668 g/mol. The Kier molecular flexibility index (Phi) is 7.49. The quantitative estimate of drug-likeness (QED) is 0.129. The van der Waals surface area contributed by atoms with Crippen molar-refractivity contribution >= 4 is 55.4 Å². The summed E-state index contributed by atoms with van der Waals surface area (Å²) in [5.41, 5.74) is 6.05. The van der Waals surface area contributed by atoms with Gasteiger partial charge in [0.05, 0.1) is 42.0 Å². The summed E-state index contributed by atoms with van der Waals surface area (Å²) in [5.74, 6) is -0.934. The molecule has 1 saturated heterocycles. The minimum Gasteiger partial charge on any atom is -0.394 e. The number of imide groups is 1. The first kappa shape index (κ1) is 30.7. The van der Waals surface area contributed by atoms with Gasteiger partial charge in [-0.3, -0.25) is 14.9 Å². The number of para-hydroxylation sites is 1. The number of H-pyrrole nitrogens is 2. The van der Waals surface area contributed by atoms with Crippen molar-refractivity contribution in [2.75, 3.05) is 6.61 Å². The molecule has 1 fully saturated rings. The van der Waals surface area contributed by atoms with Gasteiger partial charge in [-0.1, -0.05) is 91.0 Å². The van der Waals surface area contributed by atoms with Gasteiger partial charge in [0.25, 0.3) is 11.8 Å². The van der Waals surface area contributed by atoms with Gasteiger partial charge >= 0.3 is 0 Å². The fraction of sp³-hybridized carbons (Fsp3) is 0.200. The molecule has 10 nitrogen and oxygen atoms in total. The van der Waals surface area contributed by atoms with Gasteiger partial charge in [-0.15, -0.1) is 0 Å². The van der Waals surface area contributed by atoms with Crippen LogP contribution in [-0.2, 0) is 27.4 Å². The number of aliphatic hydroxyl groups is 2. The first-order chi connectivity index (χ1) is 24.5. The summed E-state index contributed by atoms with van der Waals surface area (Å²) >= 11 is 0. The molecule has 4 heterocycles. The van der Waals surface area contributed by atoms with Gasteiger partial charge in [0.2, 0.25) is 0 Å². The third kappa shape index (κ3) is 4.84. The molecule has 2 aliphatic heterocycles. The van der Waals surface area contributed by atoms with Crippen molar-refractivity contribution in [1.29, 1.82) is 0 Å². The van der Waals surface area contributed by atoms with Crippen LogP contribution in [0.4, 0.5) is 0 Å². The Balaban J connectivity index is 1.26. The van der Waals surface area contributed by atoms with Crippen molar-refractivity contribution in [3.63, 3.8) is 0 Å². The molecule has 10 heteroatoms. The smallest absolute Gasteiger partial charge is 0.259 e. The molecule has 0 radical (unpaired) electrons. The maximum absolute atomic E-state index is 13.7. The highest BCUT2D eigenvalue weighted by molar-refractivity contribution is 6.39. The summed E-state index contributed by atoms with van der Waals surface area (Å²) in [6, 6.07) is 32.7. The monoisotopic (exact) mass is 667 g/mol. The third-order valence-electron chi connectivity index (χ3n) is 9.96. The number of hydrogen-bond acceptors (Lipinski definition) is 7. The van der Waals surface area contributed by atoms with Crippen molar-refractivity contribution in [2.45, 2.75) is 43.7 Å². The van der Waals surface area contributed by atoms with Gasteiger partial charge in [0.15, 0.2) is 0 Å². The molecule has 2 amide bonds. The molecule has 250 valence electrons. The number of rotatable bonds is 8. The van der Waals surface area contributed by atoms with Crippen LogP contribution in [0, 0.1) is 0 Å². The molecule has 7 aromatic rings. The molecular weight excluding hydrogens is 634 g/mol. The topological polar surface area (TPSA) is 146 Å². The number of hydrogen-bond donors (Lipinski definition) is 5. The second-order valence-corrected chi connectivity index (χ2v) is 12.9. The van der Waals surface area contributed by atoms with Crippen LogP contribution >= 0.6 is 0 Å². The van der Waals surface area contributed by atoms with E-state index in [-0.39, 0.29) is 18.8 Å². The number of fused-ring (bicyclic) bond motifs is 10. The van der Waals surface area contributed by atoms with Gasteiger partial charge in [0.1, 0.15) is 30.5 Å². The summed E-state index contributed by atoms with van der Waals surface area (Å²) in [4.78, 5) is 34.2. The summed E-state index contributed by atoms with van der Waals surface area (Å²) in [5, 5.41) is 27.3. The fourth-order valence-electron chi connectivity index (χ4n) is 7.71. The number of carbonyl (C=O) groups excluding carboxylic acids is 2. The maximum atomic E-state index is 13.7. The van der Waals surface area contributed by atoms with E-state index in [4.69, 9.17) is 14.2 Å². The highest BCUT2D eigenvalue weighted by atomic mass is 16.6. The van der Waals surface area contributed by atoms with Crippen molar-refractivity contribution in [2.24, 2.45) is 0 Å². The Morgan fingerprint density at radius 1 is 0.640 bits per heavy atom. The molecule has 0 saturated carbocycles. The van der Waals surface area contributed by atoms with Crippen LogP contribution in [0.5, 0.6) is 0 Å². The molecule has 2 aromatic heterocycles. The maximum Gasteiger partial charge on any atom is 0.259 e. The predicted molar refractivity (Wildman–Crippen MR) is 188 cm³/mol. The van der Waals surface area contributed by atoms with Gasteiger partial charge in [-0.05, 0) is 28.8 Å². The first-order valence-corrected chi connectivity index (χ1v) is 16.6. The van der Waals surface area contributed by atoms with Gasteiger partial charge < -0.3 is 34.4 Å². The van der Waals surface area contributed by atoms with Crippen LogP contribution in [0.2, 0.25) is 0 Å². The van der Waals surface area contributed by atoms with E-state index in [1.165, 1.54) is 0 Å². The third-order valence-corrected chi connectivity index (χ3v) is 9.96. The van der Waals surface area contributed by atoms with E-state index >= 15 is 0 Å². The Labute approximate surface area is 285 Å². The van der Waals surface area contributed by atoms with Crippen LogP contribution in [0.25, 0.3) is 43.6 Å². The van der Waals surface area contributed by atoms with E-state index < -0.39 is 48.9 Å². The number of carbonyl (C=O) groups is 2. The second-order valence-electron chi connectivity index (χ2n) is 12.9. The lowest BCUT2D eigenvalue weighted by Gasteiger charge is -2.44. The van der Waals surface area contributed by atoms with E-state index in [2.05, 4.69) is 15.3 Å². The highest BCUT2D eigenvalue weighted by Crippen LogP contribution is 2.46. The normalized spacial score (nSPS) is 22.2. The first-order valence-electron chi connectivity index (χ1n) is 16.6. The summed E-state index contributed by atoms with van der Waals surface area (Å²) < 4.78 is 19.6. The van der Waals surface area contributed by atoms with Crippen molar-refractivity contribution < 1.29 is 34.0 Å². The number of aliphatic hydroxyl groups excluding tert-OH is 2. The minimum atomic E-state index is -1.21. The minimum absolute atomic E-state index is 0.198. The van der Waals surface area contributed by atoms with Crippen molar-refractivity contribution in [3.8, 4) is 0 Å². The van der Waals surface area contributed by atoms with Crippen molar-refractivity contribution in [3.05, 3.63) is 131 Å². The molecule has 0 bridgehead atoms. The standard InChI is InChI=1S/C40H33N3O7/c44-18-27-35(45)37(48-19-21-10-3-1-4-11-21)38(49-20-22-12-5-2-6-13-22)36(50-27)24-15-9-17-26-28(24)30-32-31(39(46)43-40(32)47)29-23-14-7-8-16-25(23)41-33(29)34(30)42-26/h1-17,27,35-38,41-42,44-45H,18-20H2,(H,43,46,47)/t27-,35+,36+,37+,38+/m1/s1. The predicted octanol–water partition coefficient (Wildman–Crippen LogP) is 5.80. The van der Waals surface area contributed by atoms with Gasteiger partial charge in [-0.25, -0.2) is 0 Å². The van der Waals surface area contributed by atoms with E-state index in [9.17, 15) is 19.8 Å².